The molecule has 29 heavy (non-hydrogen) atoms. The summed E-state index contributed by atoms with van der Waals surface area (Å²) in [5, 5.41) is 8.34. The molecule has 1 atom stereocenters. The normalized spacial score (nSPS) is 12.0. The van der Waals surface area contributed by atoms with Gasteiger partial charge in [0.05, 0.1) is 5.69 Å². The van der Waals surface area contributed by atoms with Crippen LogP contribution in [0.25, 0.3) is 0 Å². The van der Waals surface area contributed by atoms with E-state index in [0.717, 1.165) is 17.7 Å². The monoisotopic (exact) mass is 520 g/mol. The molecule has 0 heterocycles. The Morgan fingerprint density at radius 2 is 1.72 bits per heavy atom. The average molecular weight is 520 g/mol. The van der Waals surface area contributed by atoms with E-state index in [2.05, 4.69) is 27.9 Å². The van der Waals surface area contributed by atoms with Crippen molar-refractivity contribution in [2.75, 3.05) is 25.0 Å². The Labute approximate surface area is 185 Å². The van der Waals surface area contributed by atoms with Crippen LogP contribution in [0, 0.1) is 17.5 Å². The fourth-order valence-corrected chi connectivity index (χ4v) is 2.45. The molecule has 0 bridgehead atoms. The number of guanidine groups is 1. The molecule has 2 aromatic rings. The molecular formula is C20H24F3IN4O. The maximum atomic E-state index is 13.6. The minimum Gasteiger partial charge on any atom is -0.357 e. The molecule has 9 heteroatoms. The number of nitrogens with one attached hydrogen (secondary N) is 3. The summed E-state index contributed by atoms with van der Waals surface area (Å²) in [6.07, 6.45) is 0. The molecule has 0 saturated carbocycles. The first-order chi connectivity index (χ1) is 13.4. The first-order valence-electron chi connectivity index (χ1n) is 8.92. The van der Waals surface area contributed by atoms with Gasteiger partial charge >= 0.3 is 0 Å². The number of nitrogens with zero attached hydrogens (tertiary/aromatic N) is 1. The lowest BCUT2D eigenvalue weighted by Crippen LogP contribution is -2.39. The van der Waals surface area contributed by atoms with Crippen LogP contribution in [0.2, 0.25) is 0 Å². The second kappa shape index (κ2) is 12.3. The largest absolute Gasteiger partial charge is 0.357 e. The maximum Gasteiger partial charge on any atom is 0.246 e. The Balaban J connectivity index is 0.00000420. The van der Waals surface area contributed by atoms with Gasteiger partial charge in [-0.3, -0.25) is 4.79 Å². The van der Waals surface area contributed by atoms with Gasteiger partial charge in [0.1, 0.15) is 6.54 Å². The smallest absolute Gasteiger partial charge is 0.246 e. The highest BCUT2D eigenvalue weighted by Gasteiger charge is 2.15. The van der Waals surface area contributed by atoms with E-state index in [-0.39, 0.29) is 36.4 Å². The van der Waals surface area contributed by atoms with Crippen LogP contribution in [0.5, 0.6) is 0 Å². The minimum atomic E-state index is -1.63. The van der Waals surface area contributed by atoms with Gasteiger partial charge in [0.25, 0.3) is 0 Å². The fourth-order valence-electron chi connectivity index (χ4n) is 2.45. The minimum absolute atomic E-state index is 0. The molecule has 0 aliphatic carbocycles. The van der Waals surface area contributed by atoms with E-state index >= 15 is 0 Å². The number of hydrogen-bond donors (Lipinski definition) is 3. The van der Waals surface area contributed by atoms with Gasteiger partial charge in [-0.05, 0) is 30.5 Å². The van der Waals surface area contributed by atoms with E-state index in [9.17, 15) is 18.0 Å². The molecule has 0 aromatic heterocycles. The molecule has 0 aliphatic heterocycles. The molecule has 0 radical (unpaired) electrons. The second-order valence-electron chi connectivity index (χ2n) is 6.16. The summed E-state index contributed by atoms with van der Waals surface area (Å²) in [7, 11) is 0. The third-order valence-electron chi connectivity index (χ3n) is 3.98. The van der Waals surface area contributed by atoms with Crippen molar-refractivity contribution in [2.45, 2.75) is 19.8 Å². The number of carbonyl (C=O) groups excluding carboxylic acids is 1. The Hall–Kier alpha value is -2.30. The van der Waals surface area contributed by atoms with Crippen LogP contribution in [0.1, 0.15) is 25.3 Å². The summed E-state index contributed by atoms with van der Waals surface area (Å²) in [5.41, 5.74) is 0.729. The summed E-state index contributed by atoms with van der Waals surface area (Å²) in [4.78, 5) is 16.1. The third kappa shape index (κ3) is 7.56. The zero-order valence-electron chi connectivity index (χ0n) is 16.1. The van der Waals surface area contributed by atoms with Crippen LogP contribution in [-0.4, -0.2) is 31.5 Å². The van der Waals surface area contributed by atoms with E-state index in [4.69, 9.17) is 0 Å². The number of halogens is 4. The molecule has 1 amide bonds. The average Bonchev–Trinajstić information content (AvgIpc) is 2.71. The lowest BCUT2D eigenvalue weighted by atomic mass is 10.0. The topological polar surface area (TPSA) is 65.5 Å². The summed E-state index contributed by atoms with van der Waals surface area (Å²) in [6, 6.07) is 11.6. The molecule has 2 aromatic carbocycles. The van der Waals surface area contributed by atoms with Gasteiger partial charge in [0, 0.05) is 13.1 Å². The molecule has 3 N–H and O–H groups in total. The number of rotatable bonds is 7. The van der Waals surface area contributed by atoms with Crippen molar-refractivity contribution in [3.63, 3.8) is 0 Å². The summed E-state index contributed by atoms with van der Waals surface area (Å²) >= 11 is 0. The fraction of sp³-hybridized carbons (Fsp3) is 0.300. The quantitative estimate of drug-likeness (QED) is 0.224. The van der Waals surface area contributed by atoms with Crippen molar-refractivity contribution < 1.29 is 18.0 Å². The molecule has 2 rings (SSSR count). The molecule has 0 spiro atoms. The van der Waals surface area contributed by atoms with Crippen LogP contribution >= 0.6 is 24.0 Å². The van der Waals surface area contributed by atoms with Gasteiger partial charge in [-0.15, -0.1) is 24.0 Å². The number of amides is 1. The number of carbonyl (C=O) groups is 1. The highest BCUT2D eigenvalue weighted by molar-refractivity contribution is 14.0. The van der Waals surface area contributed by atoms with Crippen molar-refractivity contribution in [3.05, 3.63) is 65.5 Å². The molecule has 1 unspecified atom stereocenters. The van der Waals surface area contributed by atoms with Crippen molar-refractivity contribution in [3.8, 4) is 0 Å². The lowest BCUT2D eigenvalue weighted by molar-refractivity contribution is -0.114. The van der Waals surface area contributed by atoms with Crippen LogP contribution in [0.15, 0.2) is 47.5 Å². The first kappa shape index (κ1) is 24.7. The first-order valence-corrected chi connectivity index (χ1v) is 8.92. The van der Waals surface area contributed by atoms with Gasteiger partial charge in [-0.2, -0.15) is 0 Å². The van der Waals surface area contributed by atoms with Crippen LogP contribution in [-0.2, 0) is 4.79 Å². The molecule has 0 saturated heterocycles. The van der Waals surface area contributed by atoms with Crippen LogP contribution in [0.3, 0.4) is 0 Å². The zero-order valence-corrected chi connectivity index (χ0v) is 18.5. The predicted octanol–water partition coefficient (Wildman–Crippen LogP) is 4.02. The molecule has 5 nitrogen and oxygen atoms in total. The van der Waals surface area contributed by atoms with Crippen molar-refractivity contribution in [1.29, 1.82) is 0 Å². The van der Waals surface area contributed by atoms with E-state index in [1.807, 2.05) is 37.3 Å². The van der Waals surface area contributed by atoms with Gasteiger partial charge in [0.2, 0.25) is 5.91 Å². The summed E-state index contributed by atoms with van der Waals surface area (Å²) in [6.45, 7) is 4.81. The molecule has 0 fully saturated rings. The zero-order chi connectivity index (χ0) is 20.5. The van der Waals surface area contributed by atoms with E-state index < -0.39 is 29.0 Å². The van der Waals surface area contributed by atoms with E-state index in [0.29, 0.717) is 19.0 Å². The maximum absolute atomic E-state index is 13.6. The van der Waals surface area contributed by atoms with Crippen molar-refractivity contribution in [1.82, 2.24) is 10.6 Å². The Morgan fingerprint density at radius 3 is 2.38 bits per heavy atom. The van der Waals surface area contributed by atoms with Gasteiger partial charge < -0.3 is 16.0 Å². The number of hydrogen-bond acceptors (Lipinski definition) is 2. The highest BCUT2D eigenvalue weighted by atomic mass is 127. The van der Waals surface area contributed by atoms with E-state index in [1.165, 1.54) is 0 Å². The van der Waals surface area contributed by atoms with Crippen LogP contribution < -0.4 is 16.0 Å². The molecular weight excluding hydrogens is 496 g/mol. The van der Waals surface area contributed by atoms with Gasteiger partial charge in [-0.25, -0.2) is 18.2 Å². The highest BCUT2D eigenvalue weighted by Crippen LogP contribution is 2.19. The SMILES string of the molecule is CCNC(=NCC(=O)Nc1ccc(F)c(F)c1F)NCC(C)c1ccccc1.I. The van der Waals surface area contributed by atoms with Crippen molar-refractivity contribution in [2.24, 2.45) is 4.99 Å². The van der Waals surface area contributed by atoms with Crippen LogP contribution in [0.4, 0.5) is 18.9 Å². The summed E-state index contributed by atoms with van der Waals surface area (Å²) < 4.78 is 39.8. The Bertz CT molecular complexity index is 834. The Kier molecular flexibility index (Phi) is 10.5. The molecule has 0 aliphatic rings. The number of anilines is 1. The number of benzene rings is 2. The van der Waals surface area contributed by atoms with E-state index in [1.54, 1.807) is 0 Å². The standard InChI is InChI=1S/C20H23F3N4O.HI/c1-3-24-20(25-11-13(2)14-7-5-4-6-8-14)26-12-17(28)27-16-10-9-15(21)18(22)19(16)23;/h4-10,13H,3,11-12H2,1-2H3,(H,27,28)(H2,24,25,26);1H. The number of aliphatic imine (C=N–C) groups is 1. The molecule has 158 valence electrons. The van der Waals surface area contributed by atoms with Gasteiger partial charge in [-0.1, -0.05) is 37.3 Å². The third-order valence-corrected chi connectivity index (χ3v) is 3.98. The second-order valence-corrected chi connectivity index (χ2v) is 6.16. The predicted molar refractivity (Wildman–Crippen MR) is 119 cm³/mol. The van der Waals surface area contributed by atoms with Crippen molar-refractivity contribution >= 4 is 41.5 Å². The summed E-state index contributed by atoms with van der Waals surface area (Å²) in [5.74, 6) is -4.41. The Morgan fingerprint density at radius 1 is 1.03 bits per heavy atom. The van der Waals surface area contributed by atoms with Gasteiger partial charge in [0.15, 0.2) is 23.4 Å². The lowest BCUT2D eigenvalue weighted by Gasteiger charge is -2.16.